The third-order valence-electron chi connectivity index (χ3n) is 3.22. The molecule has 0 aliphatic heterocycles. The fourth-order valence-electron chi connectivity index (χ4n) is 2.25. The van der Waals surface area contributed by atoms with E-state index in [1.165, 1.54) is 0 Å². The zero-order valence-corrected chi connectivity index (χ0v) is 14.9. The van der Waals surface area contributed by atoms with Crippen LogP contribution in [0.1, 0.15) is 29.7 Å². The zero-order chi connectivity index (χ0) is 15.6. The minimum absolute atomic E-state index is 0.330. The van der Waals surface area contributed by atoms with Crippen LogP contribution in [0.5, 0.6) is 0 Å². The Morgan fingerprint density at radius 2 is 1.62 bits per heavy atom. The van der Waals surface area contributed by atoms with E-state index in [1.54, 1.807) is 13.0 Å². The minimum Gasteiger partial charge on any atom is -0.306 e. The van der Waals surface area contributed by atoms with Crippen molar-refractivity contribution >= 4 is 31.9 Å². The van der Waals surface area contributed by atoms with Gasteiger partial charge in [-0.3, -0.25) is 0 Å². The second-order valence-electron chi connectivity index (χ2n) is 4.82. The molecule has 1 nitrogen and oxygen atoms in total. The summed E-state index contributed by atoms with van der Waals surface area (Å²) in [6, 6.07) is 7.95. The Morgan fingerprint density at radius 3 is 2.19 bits per heavy atom. The van der Waals surface area contributed by atoms with Crippen LogP contribution in [0.3, 0.4) is 0 Å². The molecular weight excluding hydrogens is 404 g/mol. The lowest BCUT2D eigenvalue weighted by molar-refractivity contribution is 0.537. The summed E-state index contributed by atoms with van der Waals surface area (Å²) in [7, 11) is 0. The molecule has 2 rings (SSSR count). The van der Waals surface area contributed by atoms with Gasteiger partial charge in [0.2, 0.25) is 0 Å². The summed E-state index contributed by atoms with van der Waals surface area (Å²) in [5.41, 5.74) is 1.78. The number of benzene rings is 2. The lowest BCUT2D eigenvalue weighted by Gasteiger charge is -2.21. The molecule has 0 saturated heterocycles. The van der Waals surface area contributed by atoms with Crippen LogP contribution in [-0.2, 0) is 0 Å². The molecule has 0 aromatic heterocycles. The van der Waals surface area contributed by atoms with Crippen molar-refractivity contribution in [3.05, 3.63) is 67.6 Å². The maximum Gasteiger partial charge on any atom is 0.131 e. The molecule has 1 atom stereocenters. The highest BCUT2D eigenvalue weighted by molar-refractivity contribution is 9.11. The van der Waals surface area contributed by atoms with E-state index in [-0.39, 0.29) is 6.04 Å². The van der Waals surface area contributed by atoms with E-state index in [0.717, 1.165) is 20.6 Å². The molecule has 1 unspecified atom stereocenters. The summed E-state index contributed by atoms with van der Waals surface area (Å²) in [5, 5.41) is 3.25. The normalized spacial score (nSPS) is 12.5. The first-order valence-corrected chi connectivity index (χ1v) is 8.16. The van der Waals surface area contributed by atoms with Gasteiger partial charge >= 0.3 is 0 Å². The predicted octanol–water partition coefficient (Wildman–Crippen LogP) is 5.50. The molecule has 5 heteroatoms. The van der Waals surface area contributed by atoms with Crippen LogP contribution in [0.15, 0.2) is 39.3 Å². The second kappa shape index (κ2) is 6.99. The summed E-state index contributed by atoms with van der Waals surface area (Å²) in [5.74, 6) is -1.07. The van der Waals surface area contributed by atoms with Crippen molar-refractivity contribution in [3.63, 3.8) is 0 Å². The van der Waals surface area contributed by atoms with Crippen molar-refractivity contribution in [1.82, 2.24) is 5.32 Å². The molecule has 0 aliphatic carbocycles. The van der Waals surface area contributed by atoms with Crippen LogP contribution in [-0.4, -0.2) is 6.54 Å². The number of rotatable bonds is 4. The van der Waals surface area contributed by atoms with Gasteiger partial charge in [0.25, 0.3) is 0 Å². The van der Waals surface area contributed by atoms with Gasteiger partial charge in [0.15, 0.2) is 0 Å². The van der Waals surface area contributed by atoms with Crippen molar-refractivity contribution in [2.24, 2.45) is 0 Å². The number of halogens is 4. The van der Waals surface area contributed by atoms with Gasteiger partial charge in [-0.25, -0.2) is 8.78 Å². The van der Waals surface area contributed by atoms with Crippen LogP contribution in [0.4, 0.5) is 8.78 Å². The third-order valence-corrected chi connectivity index (χ3v) is 4.13. The van der Waals surface area contributed by atoms with Gasteiger partial charge in [0.05, 0.1) is 6.04 Å². The fraction of sp³-hybridized carbons (Fsp3) is 0.250. The summed E-state index contributed by atoms with van der Waals surface area (Å²) >= 11 is 6.88. The van der Waals surface area contributed by atoms with Gasteiger partial charge < -0.3 is 5.32 Å². The lowest BCUT2D eigenvalue weighted by atomic mass is 9.96. The van der Waals surface area contributed by atoms with Gasteiger partial charge in [-0.05, 0) is 48.9 Å². The van der Waals surface area contributed by atoms with Gasteiger partial charge in [-0.2, -0.15) is 0 Å². The average Bonchev–Trinajstić information content (AvgIpc) is 2.39. The summed E-state index contributed by atoms with van der Waals surface area (Å²) in [6.45, 7) is 4.26. The third kappa shape index (κ3) is 3.90. The van der Waals surface area contributed by atoms with E-state index in [1.807, 2.05) is 25.1 Å². The van der Waals surface area contributed by atoms with E-state index in [4.69, 9.17) is 0 Å². The van der Waals surface area contributed by atoms with Gasteiger partial charge in [0, 0.05) is 20.6 Å². The maximum atomic E-state index is 14.2. The molecule has 0 spiro atoms. The largest absolute Gasteiger partial charge is 0.306 e. The molecule has 0 radical (unpaired) electrons. The summed E-state index contributed by atoms with van der Waals surface area (Å²) < 4.78 is 29.4. The fourth-order valence-corrected chi connectivity index (χ4v) is 3.58. The number of nitrogens with one attached hydrogen (secondary N) is 1. The Kier molecular flexibility index (Phi) is 5.52. The Bertz CT molecular complexity index is 639. The van der Waals surface area contributed by atoms with Crippen LogP contribution < -0.4 is 5.32 Å². The zero-order valence-electron chi connectivity index (χ0n) is 11.7. The highest BCUT2D eigenvalue weighted by atomic mass is 79.9. The maximum absolute atomic E-state index is 14.2. The quantitative estimate of drug-likeness (QED) is 0.691. The van der Waals surface area contributed by atoms with Crippen molar-refractivity contribution < 1.29 is 8.78 Å². The number of hydrogen-bond donors (Lipinski definition) is 1. The molecule has 1 N–H and O–H groups in total. The smallest absolute Gasteiger partial charge is 0.131 e. The van der Waals surface area contributed by atoms with Crippen LogP contribution in [0.25, 0.3) is 0 Å². The molecule has 0 fully saturated rings. The molecular formula is C16H15Br2F2N. The van der Waals surface area contributed by atoms with E-state index in [2.05, 4.69) is 37.2 Å². The monoisotopic (exact) mass is 417 g/mol. The van der Waals surface area contributed by atoms with Crippen LogP contribution in [0.2, 0.25) is 0 Å². The summed E-state index contributed by atoms with van der Waals surface area (Å²) in [4.78, 5) is 0. The van der Waals surface area contributed by atoms with Gasteiger partial charge in [-0.1, -0.05) is 38.8 Å². The van der Waals surface area contributed by atoms with Crippen molar-refractivity contribution in [2.45, 2.75) is 19.9 Å². The molecule has 0 heterocycles. The predicted molar refractivity (Wildman–Crippen MR) is 88.5 cm³/mol. The number of aryl methyl sites for hydroxylation is 1. The molecule has 21 heavy (non-hydrogen) atoms. The molecule has 0 aliphatic rings. The van der Waals surface area contributed by atoms with E-state index >= 15 is 0 Å². The highest BCUT2D eigenvalue weighted by Crippen LogP contribution is 2.30. The number of hydrogen-bond acceptors (Lipinski definition) is 1. The standard InChI is InChI=1S/C16H15Br2F2N/c1-3-21-16(10-5-11(17)7-12(18)6-10)13-4-9(2)14(19)8-15(13)20/h4-8,16,21H,3H2,1-2H3. The van der Waals surface area contributed by atoms with Crippen LogP contribution >= 0.6 is 31.9 Å². The second-order valence-corrected chi connectivity index (χ2v) is 6.65. The van der Waals surface area contributed by atoms with Gasteiger partial charge in [-0.15, -0.1) is 0 Å². The molecule has 2 aromatic carbocycles. The first-order chi connectivity index (χ1) is 9.92. The molecule has 0 amide bonds. The SMILES string of the molecule is CCNC(c1cc(Br)cc(Br)c1)c1cc(C)c(F)cc1F. The lowest BCUT2D eigenvalue weighted by Crippen LogP contribution is -2.23. The Balaban J connectivity index is 2.55. The molecule has 0 bridgehead atoms. The van der Waals surface area contributed by atoms with Crippen LogP contribution in [0, 0.1) is 18.6 Å². The Hall–Kier alpha value is -0.780. The van der Waals surface area contributed by atoms with Crippen molar-refractivity contribution in [1.29, 1.82) is 0 Å². The minimum atomic E-state index is -0.542. The topological polar surface area (TPSA) is 12.0 Å². The Morgan fingerprint density at radius 1 is 1.00 bits per heavy atom. The van der Waals surface area contributed by atoms with Crippen molar-refractivity contribution in [3.8, 4) is 0 Å². The van der Waals surface area contributed by atoms with E-state index in [0.29, 0.717) is 17.7 Å². The molecule has 0 saturated carbocycles. The first-order valence-electron chi connectivity index (χ1n) is 6.57. The Labute approximate surface area is 140 Å². The molecule has 2 aromatic rings. The summed E-state index contributed by atoms with van der Waals surface area (Å²) in [6.07, 6.45) is 0. The highest BCUT2D eigenvalue weighted by Gasteiger charge is 2.19. The van der Waals surface area contributed by atoms with Crippen molar-refractivity contribution in [2.75, 3.05) is 6.54 Å². The molecule has 112 valence electrons. The average molecular weight is 419 g/mol. The van der Waals surface area contributed by atoms with E-state index < -0.39 is 11.6 Å². The van der Waals surface area contributed by atoms with Gasteiger partial charge in [0.1, 0.15) is 11.6 Å². The first kappa shape index (κ1) is 16.6. The van der Waals surface area contributed by atoms with E-state index in [9.17, 15) is 8.78 Å².